The van der Waals surface area contributed by atoms with Crippen LogP contribution in [0.5, 0.6) is 5.75 Å². The molecule has 0 bridgehead atoms. The van der Waals surface area contributed by atoms with Gasteiger partial charge < -0.3 is 19.8 Å². The number of carbonyl (C=O) groups is 2. The molecule has 0 fully saturated rings. The Labute approximate surface area is 175 Å². The minimum atomic E-state index is -0.310. The van der Waals surface area contributed by atoms with Crippen LogP contribution in [0.15, 0.2) is 65.3 Å². The molecule has 6 nitrogen and oxygen atoms in total. The summed E-state index contributed by atoms with van der Waals surface area (Å²) in [6.07, 6.45) is 5.92. The van der Waals surface area contributed by atoms with Crippen LogP contribution in [-0.2, 0) is 24.2 Å². The first kappa shape index (κ1) is 19.8. The lowest BCUT2D eigenvalue weighted by atomic mass is 9.91. The zero-order valence-corrected chi connectivity index (χ0v) is 16.6. The number of hydrogen-bond acceptors (Lipinski definition) is 4. The lowest BCUT2D eigenvalue weighted by Crippen LogP contribution is -2.26. The largest absolute Gasteiger partial charge is 0.483 e. The van der Waals surface area contributed by atoms with E-state index in [1.165, 1.54) is 17.5 Å². The molecule has 0 spiro atoms. The summed E-state index contributed by atoms with van der Waals surface area (Å²) in [4.78, 5) is 25.0. The van der Waals surface area contributed by atoms with Crippen molar-refractivity contribution in [1.82, 2.24) is 5.32 Å². The number of hydrogen-bond donors (Lipinski definition) is 2. The third kappa shape index (κ3) is 4.71. The van der Waals surface area contributed by atoms with E-state index in [0.717, 1.165) is 25.0 Å². The zero-order chi connectivity index (χ0) is 20.8. The highest BCUT2D eigenvalue weighted by Crippen LogP contribution is 2.29. The second-order valence-corrected chi connectivity index (χ2v) is 7.25. The average molecular weight is 404 g/mol. The maximum absolute atomic E-state index is 12.5. The van der Waals surface area contributed by atoms with Gasteiger partial charge in [0.25, 0.3) is 11.8 Å². The summed E-state index contributed by atoms with van der Waals surface area (Å²) in [7, 11) is 0. The van der Waals surface area contributed by atoms with Crippen LogP contribution in [0, 0.1) is 0 Å². The van der Waals surface area contributed by atoms with Gasteiger partial charge in [-0.15, -0.1) is 0 Å². The molecule has 30 heavy (non-hydrogen) atoms. The molecule has 1 heterocycles. The van der Waals surface area contributed by atoms with Crippen molar-refractivity contribution >= 4 is 17.5 Å². The fourth-order valence-electron chi connectivity index (χ4n) is 3.68. The number of nitrogens with one attached hydrogen (secondary N) is 2. The summed E-state index contributed by atoms with van der Waals surface area (Å²) < 4.78 is 11.0. The van der Waals surface area contributed by atoms with E-state index in [-0.39, 0.29) is 25.0 Å². The molecule has 0 atom stereocenters. The summed E-state index contributed by atoms with van der Waals surface area (Å²) in [5, 5.41) is 5.58. The topological polar surface area (TPSA) is 80.6 Å². The maximum atomic E-state index is 12.5. The summed E-state index contributed by atoms with van der Waals surface area (Å²) in [6.45, 7) is 0.162. The van der Waals surface area contributed by atoms with Crippen molar-refractivity contribution in [2.24, 2.45) is 0 Å². The van der Waals surface area contributed by atoms with Crippen molar-refractivity contribution in [3.63, 3.8) is 0 Å². The van der Waals surface area contributed by atoms with Crippen LogP contribution in [-0.4, -0.2) is 18.4 Å². The zero-order valence-electron chi connectivity index (χ0n) is 16.6. The molecule has 1 aromatic heterocycles. The maximum Gasteiger partial charge on any atom is 0.262 e. The first-order valence-electron chi connectivity index (χ1n) is 10.1. The minimum absolute atomic E-state index is 0.112. The number of para-hydroxylation sites is 1. The Morgan fingerprint density at radius 1 is 0.967 bits per heavy atom. The molecule has 1 aliphatic carbocycles. The molecule has 2 aromatic carbocycles. The van der Waals surface area contributed by atoms with E-state index < -0.39 is 0 Å². The Kier molecular flexibility index (Phi) is 6.13. The molecular formula is C24H24N2O4. The molecule has 3 aromatic rings. The SMILES string of the molecule is O=C(COc1cccc2c1CCCC2)Nc1ccccc1C(=O)NCc1ccco1. The van der Waals surface area contributed by atoms with E-state index in [1.807, 2.05) is 12.1 Å². The third-order valence-corrected chi connectivity index (χ3v) is 5.16. The Bertz CT molecular complexity index is 1030. The van der Waals surface area contributed by atoms with Gasteiger partial charge in [0.05, 0.1) is 24.1 Å². The number of carbonyl (C=O) groups excluding carboxylic acids is 2. The molecule has 4 rings (SSSR count). The lowest BCUT2D eigenvalue weighted by molar-refractivity contribution is -0.118. The van der Waals surface area contributed by atoms with Crippen molar-refractivity contribution in [3.8, 4) is 5.75 Å². The number of benzene rings is 2. The average Bonchev–Trinajstić information content (AvgIpc) is 3.30. The monoisotopic (exact) mass is 404 g/mol. The molecule has 6 heteroatoms. The highest BCUT2D eigenvalue weighted by molar-refractivity contribution is 6.04. The number of fused-ring (bicyclic) bond motifs is 1. The van der Waals surface area contributed by atoms with Crippen molar-refractivity contribution in [2.45, 2.75) is 32.2 Å². The van der Waals surface area contributed by atoms with Gasteiger partial charge in [0.1, 0.15) is 11.5 Å². The van der Waals surface area contributed by atoms with Gasteiger partial charge in [-0.1, -0.05) is 24.3 Å². The van der Waals surface area contributed by atoms with E-state index in [0.29, 0.717) is 17.0 Å². The van der Waals surface area contributed by atoms with Gasteiger partial charge in [0, 0.05) is 0 Å². The summed E-state index contributed by atoms with van der Waals surface area (Å²) >= 11 is 0. The molecule has 2 N–H and O–H groups in total. The first-order chi connectivity index (χ1) is 14.7. The van der Waals surface area contributed by atoms with Crippen molar-refractivity contribution in [3.05, 3.63) is 83.3 Å². The number of rotatable bonds is 7. The normalized spacial score (nSPS) is 12.7. The Morgan fingerprint density at radius 3 is 2.70 bits per heavy atom. The lowest BCUT2D eigenvalue weighted by Gasteiger charge is -2.19. The molecule has 0 radical (unpaired) electrons. The van der Waals surface area contributed by atoms with Crippen molar-refractivity contribution in [1.29, 1.82) is 0 Å². The highest BCUT2D eigenvalue weighted by atomic mass is 16.5. The fourth-order valence-corrected chi connectivity index (χ4v) is 3.68. The second-order valence-electron chi connectivity index (χ2n) is 7.25. The summed E-state index contributed by atoms with van der Waals surface area (Å²) in [5.41, 5.74) is 3.33. The number of furan rings is 1. The molecule has 0 unspecified atom stereocenters. The molecule has 1 aliphatic rings. The Hall–Kier alpha value is -3.54. The first-order valence-corrected chi connectivity index (χ1v) is 10.1. The molecule has 0 saturated carbocycles. The molecule has 0 aliphatic heterocycles. The standard InChI is InChI=1S/C24H24N2O4/c27-23(16-30-22-13-5-8-17-7-1-2-10-19(17)22)26-21-12-4-3-11-20(21)24(28)25-15-18-9-6-14-29-18/h3-6,8-9,11-14H,1-2,7,10,15-16H2,(H,25,28)(H,26,27). The van der Waals surface area contributed by atoms with Gasteiger partial charge in [0.2, 0.25) is 0 Å². The van der Waals surface area contributed by atoms with Gasteiger partial charge >= 0.3 is 0 Å². The predicted molar refractivity (Wildman–Crippen MR) is 114 cm³/mol. The highest BCUT2D eigenvalue weighted by Gasteiger charge is 2.16. The van der Waals surface area contributed by atoms with Gasteiger partial charge in [0.15, 0.2) is 6.61 Å². The molecule has 154 valence electrons. The predicted octanol–water partition coefficient (Wildman–Crippen LogP) is 4.11. The summed E-state index contributed by atoms with van der Waals surface area (Å²) in [6, 6.07) is 16.4. The van der Waals surface area contributed by atoms with Crippen LogP contribution in [0.3, 0.4) is 0 Å². The fraction of sp³-hybridized carbons (Fsp3) is 0.250. The molecule has 0 saturated heterocycles. The number of aryl methyl sites for hydroxylation is 1. The minimum Gasteiger partial charge on any atom is -0.483 e. The van der Waals surface area contributed by atoms with E-state index in [2.05, 4.69) is 16.7 Å². The number of ether oxygens (including phenoxy) is 1. The Morgan fingerprint density at radius 2 is 1.83 bits per heavy atom. The van der Waals surface area contributed by atoms with Gasteiger partial charge in [-0.2, -0.15) is 0 Å². The molecule has 2 amide bonds. The quantitative estimate of drug-likeness (QED) is 0.621. The van der Waals surface area contributed by atoms with Gasteiger partial charge in [-0.3, -0.25) is 9.59 Å². The Balaban J connectivity index is 1.37. The smallest absolute Gasteiger partial charge is 0.262 e. The third-order valence-electron chi connectivity index (χ3n) is 5.16. The van der Waals surface area contributed by atoms with E-state index >= 15 is 0 Å². The summed E-state index contributed by atoms with van der Waals surface area (Å²) in [5.74, 6) is 0.825. The van der Waals surface area contributed by atoms with E-state index in [1.54, 1.807) is 42.7 Å². The van der Waals surface area contributed by atoms with Crippen LogP contribution in [0.4, 0.5) is 5.69 Å². The van der Waals surface area contributed by atoms with Crippen LogP contribution in [0.1, 0.15) is 40.1 Å². The number of anilines is 1. The van der Waals surface area contributed by atoms with E-state index in [9.17, 15) is 9.59 Å². The van der Waals surface area contributed by atoms with Crippen LogP contribution < -0.4 is 15.4 Å². The van der Waals surface area contributed by atoms with Gasteiger partial charge in [-0.05, 0) is 67.1 Å². The van der Waals surface area contributed by atoms with Crippen LogP contribution >= 0.6 is 0 Å². The van der Waals surface area contributed by atoms with Crippen molar-refractivity contribution in [2.75, 3.05) is 11.9 Å². The van der Waals surface area contributed by atoms with Crippen LogP contribution in [0.2, 0.25) is 0 Å². The second kappa shape index (κ2) is 9.31. The van der Waals surface area contributed by atoms with Crippen LogP contribution in [0.25, 0.3) is 0 Å². The van der Waals surface area contributed by atoms with E-state index in [4.69, 9.17) is 9.15 Å². The van der Waals surface area contributed by atoms with Crippen molar-refractivity contribution < 1.29 is 18.7 Å². The van der Waals surface area contributed by atoms with Gasteiger partial charge in [-0.25, -0.2) is 0 Å². The molecular weight excluding hydrogens is 380 g/mol. The number of amides is 2.